The summed E-state index contributed by atoms with van der Waals surface area (Å²) in [6.07, 6.45) is 0. The third-order valence-corrected chi connectivity index (χ3v) is 2.23. The Labute approximate surface area is 95.9 Å². The predicted molar refractivity (Wildman–Crippen MR) is 56.3 cm³/mol. The second-order valence-electron chi connectivity index (χ2n) is 2.70. The minimum absolute atomic E-state index is 0.0531. The molecule has 4 nitrogen and oxygen atoms in total. The molecule has 1 rings (SSSR count). The molecular weight excluding hydrogens is 241 g/mol. The SMILES string of the molecule is CC(=O)Oc1c(Cl)ccc(C(N)=O)c1Cl. The van der Waals surface area contributed by atoms with Gasteiger partial charge in [0.1, 0.15) is 0 Å². The average Bonchev–Trinajstić information content (AvgIpc) is 2.11. The number of ether oxygens (including phenoxy) is 1. The maximum Gasteiger partial charge on any atom is 0.308 e. The van der Waals surface area contributed by atoms with Crippen LogP contribution < -0.4 is 10.5 Å². The molecule has 0 atom stereocenters. The number of carbonyl (C=O) groups is 2. The molecule has 0 radical (unpaired) electrons. The van der Waals surface area contributed by atoms with Crippen LogP contribution in [0, 0.1) is 0 Å². The fraction of sp³-hybridized carbons (Fsp3) is 0.111. The molecule has 6 heteroatoms. The number of halogens is 2. The molecule has 15 heavy (non-hydrogen) atoms. The van der Waals surface area contributed by atoms with Gasteiger partial charge in [0.2, 0.25) is 5.91 Å². The molecule has 0 bridgehead atoms. The van der Waals surface area contributed by atoms with Crippen LogP contribution in [0.25, 0.3) is 0 Å². The van der Waals surface area contributed by atoms with E-state index in [1.165, 1.54) is 19.1 Å². The monoisotopic (exact) mass is 247 g/mol. The Bertz CT molecular complexity index is 432. The molecule has 0 aliphatic carbocycles. The summed E-state index contributed by atoms with van der Waals surface area (Å²) in [6.45, 7) is 1.20. The first-order valence-corrected chi connectivity index (χ1v) is 4.65. The lowest BCUT2D eigenvalue weighted by Gasteiger charge is -2.08. The number of hydrogen-bond acceptors (Lipinski definition) is 3. The van der Waals surface area contributed by atoms with E-state index in [4.69, 9.17) is 33.7 Å². The van der Waals surface area contributed by atoms with Crippen LogP contribution in [0.15, 0.2) is 12.1 Å². The van der Waals surface area contributed by atoms with Gasteiger partial charge in [0, 0.05) is 6.92 Å². The fourth-order valence-electron chi connectivity index (χ4n) is 0.960. The van der Waals surface area contributed by atoms with E-state index in [2.05, 4.69) is 0 Å². The molecule has 0 aliphatic rings. The lowest BCUT2D eigenvalue weighted by atomic mass is 10.2. The van der Waals surface area contributed by atoms with E-state index in [0.717, 1.165) is 0 Å². The molecule has 0 saturated carbocycles. The van der Waals surface area contributed by atoms with Crippen molar-refractivity contribution in [2.75, 3.05) is 0 Å². The Morgan fingerprint density at radius 3 is 2.40 bits per heavy atom. The fourth-order valence-corrected chi connectivity index (χ4v) is 1.50. The zero-order chi connectivity index (χ0) is 11.6. The van der Waals surface area contributed by atoms with Crippen LogP contribution >= 0.6 is 23.2 Å². The van der Waals surface area contributed by atoms with Gasteiger partial charge in [0.25, 0.3) is 0 Å². The van der Waals surface area contributed by atoms with Gasteiger partial charge in [-0.15, -0.1) is 0 Å². The van der Waals surface area contributed by atoms with Crippen LogP contribution in [-0.4, -0.2) is 11.9 Å². The molecule has 1 aromatic rings. The minimum Gasteiger partial charge on any atom is -0.423 e. The molecule has 1 amide bonds. The summed E-state index contributed by atoms with van der Waals surface area (Å²) in [7, 11) is 0. The Hall–Kier alpha value is -1.26. The number of benzene rings is 1. The van der Waals surface area contributed by atoms with Crippen LogP contribution in [0.2, 0.25) is 10.0 Å². The van der Waals surface area contributed by atoms with E-state index < -0.39 is 11.9 Å². The first kappa shape index (κ1) is 11.8. The lowest BCUT2D eigenvalue weighted by molar-refractivity contribution is -0.131. The van der Waals surface area contributed by atoms with Crippen LogP contribution in [0.1, 0.15) is 17.3 Å². The third-order valence-electron chi connectivity index (χ3n) is 1.56. The Kier molecular flexibility index (Phi) is 3.55. The van der Waals surface area contributed by atoms with Gasteiger partial charge < -0.3 is 10.5 Å². The molecule has 0 saturated heterocycles. The van der Waals surface area contributed by atoms with Crippen LogP contribution in [0.5, 0.6) is 5.75 Å². The van der Waals surface area contributed by atoms with Gasteiger partial charge in [-0.3, -0.25) is 9.59 Å². The van der Waals surface area contributed by atoms with E-state index in [1.807, 2.05) is 0 Å². The maximum atomic E-state index is 10.9. The summed E-state index contributed by atoms with van der Waals surface area (Å²) in [5.41, 5.74) is 5.11. The number of rotatable bonds is 2. The molecule has 2 N–H and O–H groups in total. The Morgan fingerprint density at radius 1 is 1.33 bits per heavy atom. The number of hydrogen-bond donors (Lipinski definition) is 1. The second kappa shape index (κ2) is 4.51. The highest BCUT2D eigenvalue weighted by atomic mass is 35.5. The standard InChI is InChI=1S/C9H7Cl2NO3/c1-4(13)15-8-6(10)3-2-5(7(8)11)9(12)14/h2-3H,1H3,(H2,12,14). The third kappa shape index (κ3) is 2.61. The van der Waals surface area contributed by atoms with Crippen molar-refractivity contribution in [3.8, 4) is 5.75 Å². The summed E-state index contributed by atoms with van der Waals surface area (Å²) in [5, 5.41) is 0.0744. The number of amides is 1. The zero-order valence-electron chi connectivity index (χ0n) is 7.71. The van der Waals surface area contributed by atoms with Crippen molar-refractivity contribution in [2.45, 2.75) is 6.92 Å². The Morgan fingerprint density at radius 2 is 1.93 bits per heavy atom. The van der Waals surface area contributed by atoms with Crippen LogP contribution in [-0.2, 0) is 4.79 Å². The summed E-state index contributed by atoms with van der Waals surface area (Å²) >= 11 is 11.5. The molecule has 0 heterocycles. The lowest BCUT2D eigenvalue weighted by Crippen LogP contribution is -2.12. The smallest absolute Gasteiger partial charge is 0.308 e. The summed E-state index contributed by atoms with van der Waals surface area (Å²) in [5.74, 6) is -1.35. The molecule has 0 fully saturated rings. The average molecular weight is 248 g/mol. The number of nitrogens with two attached hydrogens (primary N) is 1. The first-order chi connectivity index (χ1) is 6.93. The zero-order valence-corrected chi connectivity index (χ0v) is 9.22. The molecule has 1 aromatic carbocycles. The molecule has 0 spiro atoms. The van der Waals surface area contributed by atoms with Crippen molar-refractivity contribution in [1.29, 1.82) is 0 Å². The maximum absolute atomic E-state index is 10.9. The van der Waals surface area contributed by atoms with Gasteiger partial charge >= 0.3 is 5.97 Å². The number of carbonyl (C=O) groups excluding carboxylic acids is 2. The van der Waals surface area contributed by atoms with Gasteiger partial charge in [0.05, 0.1) is 15.6 Å². The van der Waals surface area contributed by atoms with Gasteiger partial charge in [0.15, 0.2) is 5.75 Å². The number of esters is 1. The molecule has 80 valence electrons. The van der Waals surface area contributed by atoms with E-state index >= 15 is 0 Å². The normalized spacial score (nSPS) is 9.80. The molecular formula is C9H7Cl2NO3. The highest BCUT2D eigenvalue weighted by molar-refractivity contribution is 6.39. The number of primary amides is 1. The summed E-state index contributed by atoms with van der Waals surface area (Å²) < 4.78 is 4.76. The van der Waals surface area contributed by atoms with E-state index in [0.29, 0.717) is 0 Å². The predicted octanol–water partition coefficient (Wildman–Crippen LogP) is 2.02. The topological polar surface area (TPSA) is 69.4 Å². The van der Waals surface area contributed by atoms with Crippen molar-refractivity contribution in [2.24, 2.45) is 5.73 Å². The quantitative estimate of drug-likeness (QED) is 0.642. The first-order valence-electron chi connectivity index (χ1n) is 3.89. The Balaban J connectivity index is 3.29. The van der Waals surface area contributed by atoms with Crippen molar-refractivity contribution in [3.05, 3.63) is 27.7 Å². The second-order valence-corrected chi connectivity index (χ2v) is 3.48. The van der Waals surface area contributed by atoms with Gasteiger partial charge in [-0.25, -0.2) is 0 Å². The van der Waals surface area contributed by atoms with Crippen LogP contribution in [0.3, 0.4) is 0 Å². The largest absolute Gasteiger partial charge is 0.423 e. The molecule has 0 aromatic heterocycles. The summed E-state index contributed by atoms with van der Waals surface area (Å²) in [4.78, 5) is 21.7. The summed E-state index contributed by atoms with van der Waals surface area (Å²) in [6, 6.07) is 2.74. The molecule has 0 unspecified atom stereocenters. The van der Waals surface area contributed by atoms with E-state index in [1.54, 1.807) is 0 Å². The van der Waals surface area contributed by atoms with Gasteiger partial charge in [-0.2, -0.15) is 0 Å². The van der Waals surface area contributed by atoms with Crippen molar-refractivity contribution in [1.82, 2.24) is 0 Å². The van der Waals surface area contributed by atoms with E-state index in [9.17, 15) is 9.59 Å². The van der Waals surface area contributed by atoms with E-state index in [-0.39, 0.29) is 21.4 Å². The van der Waals surface area contributed by atoms with Crippen molar-refractivity contribution in [3.63, 3.8) is 0 Å². The van der Waals surface area contributed by atoms with Crippen molar-refractivity contribution >= 4 is 35.1 Å². The highest BCUT2D eigenvalue weighted by Crippen LogP contribution is 2.35. The van der Waals surface area contributed by atoms with Gasteiger partial charge in [-0.1, -0.05) is 23.2 Å². The van der Waals surface area contributed by atoms with Crippen molar-refractivity contribution < 1.29 is 14.3 Å². The van der Waals surface area contributed by atoms with Gasteiger partial charge in [-0.05, 0) is 12.1 Å². The van der Waals surface area contributed by atoms with Crippen LogP contribution in [0.4, 0.5) is 0 Å². The highest BCUT2D eigenvalue weighted by Gasteiger charge is 2.16. The molecule has 0 aliphatic heterocycles. The minimum atomic E-state index is -0.718.